The van der Waals surface area contributed by atoms with Crippen molar-refractivity contribution in [3.8, 4) is 5.75 Å². The van der Waals surface area contributed by atoms with Crippen LogP contribution in [0.2, 0.25) is 0 Å². The lowest BCUT2D eigenvalue weighted by Gasteiger charge is -2.25. The van der Waals surface area contributed by atoms with Crippen LogP contribution in [-0.2, 0) is 6.54 Å². The Labute approximate surface area is 169 Å². The normalized spacial score (nSPS) is 17.4. The molecule has 0 radical (unpaired) electrons. The highest BCUT2D eigenvalue weighted by molar-refractivity contribution is 9.10. The molecule has 1 unspecified atom stereocenters. The van der Waals surface area contributed by atoms with Gasteiger partial charge in [0.05, 0.1) is 17.2 Å². The summed E-state index contributed by atoms with van der Waals surface area (Å²) in [4.78, 5) is 19.2. The molecule has 3 heterocycles. The highest BCUT2D eigenvalue weighted by atomic mass is 79.9. The Balaban J connectivity index is 1.87. The van der Waals surface area contributed by atoms with Crippen LogP contribution in [0, 0.1) is 5.82 Å². The number of benzene rings is 1. The summed E-state index contributed by atoms with van der Waals surface area (Å²) in [5, 5.41) is 7.05. The van der Waals surface area contributed by atoms with Crippen molar-refractivity contribution in [2.75, 3.05) is 18.0 Å². The smallest absolute Gasteiger partial charge is 0.256 e. The molecule has 0 fully saturated rings. The van der Waals surface area contributed by atoms with E-state index in [4.69, 9.17) is 4.74 Å². The van der Waals surface area contributed by atoms with Gasteiger partial charge in [0.25, 0.3) is 5.91 Å². The van der Waals surface area contributed by atoms with Gasteiger partial charge < -0.3 is 15.0 Å². The molecule has 2 bridgehead atoms. The summed E-state index contributed by atoms with van der Waals surface area (Å²) in [7, 11) is 0. The summed E-state index contributed by atoms with van der Waals surface area (Å²) in [5.74, 6) is 0.610. The van der Waals surface area contributed by atoms with Crippen LogP contribution in [0.15, 0.2) is 35.1 Å². The molecule has 2 aromatic heterocycles. The number of anilines is 1. The summed E-state index contributed by atoms with van der Waals surface area (Å²) >= 11 is 3.36. The first-order valence-electron chi connectivity index (χ1n) is 8.99. The van der Waals surface area contributed by atoms with Crippen molar-refractivity contribution < 1.29 is 13.9 Å². The van der Waals surface area contributed by atoms with Crippen LogP contribution in [0.3, 0.4) is 0 Å². The molecule has 1 aliphatic rings. The molecule has 146 valence electrons. The maximum absolute atomic E-state index is 14.2. The first-order valence-corrected chi connectivity index (χ1v) is 9.78. The zero-order chi connectivity index (χ0) is 19.8. The molecule has 3 aromatic rings. The quantitative estimate of drug-likeness (QED) is 0.620. The first-order chi connectivity index (χ1) is 13.5. The van der Waals surface area contributed by atoms with Gasteiger partial charge >= 0.3 is 0 Å². The highest BCUT2D eigenvalue weighted by Gasteiger charge is 2.22. The van der Waals surface area contributed by atoms with E-state index in [1.165, 1.54) is 12.3 Å². The van der Waals surface area contributed by atoms with Gasteiger partial charge in [-0.1, -0.05) is 0 Å². The van der Waals surface area contributed by atoms with Crippen LogP contribution < -0.4 is 15.0 Å². The molecule has 28 heavy (non-hydrogen) atoms. The van der Waals surface area contributed by atoms with E-state index >= 15 is 0 Å². The zero-order valence-electron chi connectivity index (χ0n) is 15.4. The second-order valence-corrected chi connectivity index (χ2v) is 7.40. The summed E-state index contributed by atoms with van der Waals surface area (Å²) < 4.78 is 22.2. The number of ether oxygens (including phenoxy) is 1. The van der Waals surface area contributed by atoms with E-state index in [1.54, 1.807) is 16.8 Å². The largest absolute Gasteiger partial charge is 0.488 e. The Hall–Kier alpha value is -2.68. The molecule has 1 amide bonds. The second-order valence-electron chi connectivity index (χ2n) is 6.60. The fourth-order valence-corrected chi connectivity index (χ4v) is 3.62. The number of aromatic nitrogens is 3. The molecular formula is C19H19BrFN5O2. The summed E-state index contributed by atoms with van der Waals surface area (Å²) in [6.07, 6.45) is 2.96. The van der Waals surface area contributed by atoms with Crippen molar-refractivity contribution in [2.24, 2.45) is 0 Å². The lowest BCUT2D eigenvalue weighted by Crippen LogP contribution is -2.33. The van der Waals surface area contributed by atoms with Gasteiger partial charge in [0.2, 0.25) is 0 Å². The standard InChI is InChI=1S/C19H19BrFN5O2/c1-3-25-10-13-15(5-4-14(21)17(13)20)28-11(2)8-22-19(27)12-9-23-26-7-6-16(25)24-18(12)26/h4-7,9,11H,3,8,10H2,1-2H3,(H,22,27). The van der Waals surface area contributed by atoms with Gasteiger partial charge in [0.15, 0.2) is 5.65 Å². The van der Waals surface area contributed by atoms with Gasteiger partial charge in [-0.05, 0) is 48.0 Å². The third-order valence-corrected chi connectivity index (χ3v) is 5.54. The summed E-state index contributed by atoms with van der Waals surface area (Å²) in [6, 6.07) is 4.80. The van der Waals surface area contributed by atoms with Gasteiger partial charge in [-0.15, -0.1) is 0 Å². The van der Waals surface area contributed by atoms with Crippen molar-refractivity contribution in [1.82, 2.24) is 19.9 Å². The number of amides is 1. The number of carbonyl (C=O) groups excluding carboxylic acids is 1. The molecule has 0 spiro atoms. The Morgan fingerprint density at radius 2 is 2.21 bits per heavy atom. The predicted molar refractivity (Wildman–Crippen MR) is 106 cm³/mol. The summed E-state index contributed by atoms with van der Waals surface area (Å²) in [6.45, 7) is 5.16. The molecule has 0 saturated carbocycles. The van der Waals surface area contributed by atoms with E-state index in [-0.39, 0.29) is 17.8 Å². The van der Waals surface area contributed by atoms with Gasteiger partial charge in [0.1, 0.15) is 29.1 Å². The van der Waals surface area contributed by atoms with E-state index in [1.807, 2.05) is 24.8 Å². The van der Waals surface area contributed by atoms with Gasteiger partial charge in [-0.25, -0.2) is 13.9 Å². The average molecular weight is 448 g/mol. The van der Waals surface area contributed by atoms with Gasteiger partial charge in [0, 0.05) is 24.8 Å². The number of carbonyl (C=O) groups is 1. The Kier molecular flexibility index (Phi) is 4.92. The number of nitrogens with one attached hydrogen (secondary N) is 1. The average Bonchev–Trinajstić information content (AvgIpc) is 3.11. The number of rotatable bonds is 1. The van der Waals surface area contributed by atoms with Gasteiger partial charge in [-0.3, -0.25) is 4.79 Å². The molecule has 7 nitrogen and oxygen atoms in total. The Morgan fingerprint density at radius 3 is 3.00 bits per heavy atom. The Morgan fingerprint density at radius 1 is 1.39 bits per heavy atom. The molecule has 4 rings (SSSR count). The van der Waals surface area contributed by atoms with Crippen molar-refractivity contribution in [3.63, 3.8) is 0 Å². The zero-order valence-corrected chi connectivity index (χ0v) is 17.0. The van der Waals surface area contributed by atoms with Crippen LogP contribution in [0.1, 0.15) is 29.8 Å². The molecule has 1 N–H and O–H groups in total. The fraction of sp³-hybridized carbons (Fsp3) is 0.316. The number of hydrogen-bond acceptors (Lipinski definition) is 5. The SMILES string of the molecule is CCN1Cc2c(ccc(F)c2Br)OC(C)CNC(=O)c2cnn3ccc1nc23. The van der Waals surface area contributed by atoms with Crippen molar-refractivity contribution in [1.29, 1.82) is 0 Å². The van der Waals surface area contributed by atoms with Crippen LogP contribution in [-0.4, -0.2) is 39.7 Å². The molecular weight excluding hydrogens is 429 g/mol. The summed E-state index contributed by atoms with van der Waals surface area (Å²) in [5.41, 5.74) is 1.56. The molecule has 1 aromatic carbocycles. The van der Waals surface area contributed by atoms with Gasteiger partial charge in [-0.2, -0.15) is 5.10 Å². The van der Waals surface area contributed by atoms with E-state index in [9.17, 15) is 9.18 Å². The minimum atomic E-state index is -0.356. The molecule has 1 atom stereocenters. The Bertz CT molecular complexity index is 1050. The fourth-order valence-electron chi connectivity index (χ4n) is 3.16. The monoisotopic (exact) mass is 447 g/mol. The molecule has 0 saturated heterocycles. The van der Waals surface area contributed by atoms with Crippen LogP contribution in [0.4, 0.5) is 10.2 Å². The second kappa shape index (κ2) is 7.38. The maximum Gasteiger partial charge on any atom is 0.256 e. The first kappa shape index (κ1) is 18.7. The molecule has 1 aliphatic heterocycles. The lowest BCUT2D eigenvalue weighted by molar-refractivity contribution is 0.0933. The van der Waals surface area contributed by atoms with E-state index in [0.29, 0.717) is 52.4 Å². The third kappa shape index (κ3) is 3.30. The van der Waals surface area contributed by atoms with E-state index < -0.39 is 0 Å². The van der Waals surface area contributed by atoms with Crippen LogP contribution in [0.25, 0.3) is 5.65 Å². The number of halogens is 2. The maximum atomic E-state index is 14.2. The van der Waals surface area contributed by atoms with E-state index in [0.717, 1.165) is 0 Å². The van der Waals surface area contributed by atoms with Crippen molar-refractivity contribution >= 4 is 33.3 Å². The predicted octanol–water partition coefficient (Wildman–Crippen LogP) is 3.17. The van der Waals surface area contributed by atoms with Crippen molar-refractivity contribution in [3.05, 3.63) is 52.0 Å². The highest BCUT2D eigenvalue weighted by Crippen LogP contribution is 2.32. The van der Waals surface area contributed by atoms with Crippen LogP contribution >= 0.6 is 15.9 Å². The van der Waals surface area contributed by atoms with Crippen LogP contribution in [0.5, 0.6) is 5.75 Å². The lowest BCUT2D eigenvalue weighted by atomic mass is 10.1. The number of hydrogen-bond donors (Lipinski definition) is 1. The minimum absolute atomic E-state index is 0.266. The minimum Gasteiger partial charge on any atom is -0.488 e. The number of fused-ring (bicyclic) bond motifs is 2. The van der Waals surface area contributed by atoms with E-state index in [2.05, 4.69) is 31.3 Å². The topological polar surface area (TPSA) is 71.8 Å². The molecule has 0 aliphatic carbocycles. The number of nitrogens with zero attached hydrogens (tertiary/aromatic N) is 4. The third-order valence-electron chi connectivity index (χ3n) is 4.69. The molecule has 9 heteroatoms. The van der Waals surface area contributed by atoms with Crippen molar-refractivity contribution in [2.45, 2.75) is 26.5 Å².